The second kappa shape index (κ2) is 2.44. The zero-order valence-corrected chi connectivity index (χ0v) is 6.16. The molecule has 2 rings (SSSR count). The molecule has 0 saturated heterocycles. The molecule has 60 valence electrons. The molecule has 0 aliphatic carbocycles. The first-order valence-electron chi connectivity index (χ1n) is 3.49. The van der Waals surface area contributed by atoms with Crippen LogP contribution >= 0.6 is 0 Å². The van der Waals surface area contributed by atoms with Gasteiger partial charge in [0.2, 0.25) is 0 Å². The Morgan fingerprint density at radius 2 is 2.17 bits per heavy atom. The summed E-state index contributed by atoms with van der Waals surface area (Å²) in [6, 6.07) is 4.06. The summed E-state index contributed by atoms with van der Waals surface area (Å²) in [5.74, 6) is -0.500. The van der Waals surface area contributed by atoms with Crippen LogP contribution in [-0.4, -0.2) is 10.1 Å². The highest BCUT2D eigenvalue weighted by Crippen LogP contribution is 2.24. The largest absolute Gasteiger partial charge is 0.507 e. The standard InChI is InChI=1S/C9H6FNO/c10-7-3-6-5-11-2-1-8(6)9(12)4-7/h1-5,12H. The van der Waals surface area contributed by atoms with Crippen molar-refractivity contribution in [1.82, 2.24) is 4.98 Å². The highest BCUT2D eigenvalue weighted by molar-refractivity contribution is 5.87. The van der Waals surface area contributed by atoms with Crippen molar-refractivity contribution >= 4 is 10.8 Å². The first-order chi connectivity index (χ1) is 5.77. The lowest BCUT2D eigenvalue weighted by Crippen LogP contribution is -1.79. The minimum absolute atomic E-state index is 0.0487. The van der Waals surface area contributed by atoms with E-state index in [2.05, 4.69) is 4.98 Å². The van der Waals surface area contributed by atoms with Crippen LogP contribution in [0.4, 0.5) is 4.39 Å². The Balaban J connectivity index is 2.89. The topological polar surface area (TPSA) is 33.1 Å². The molecule has 0 spiro atoms. The third-order valence-corrected chi connectivity index (χ3v) is 1.70. The number of pyridine rings is 1. The molecule has 1 aromatic heterocycles. The van der Waals surface area contributed by atoms with Crippen molar-refractivity contribution in [3.8, 4) is 5.75 Å². The van der Waals surface area contributed by atoms with Crippen molar-refractivity contribution in [3.05, 3.63) is 36.4 Å². The summed E-state index contributed by atoms with van der Waals surface area (Å²) >= 11 is 0. The zero-order valence-electron chi connectivity index (χ0n) is 6.16. The molecule has 2 aromatic rings. The summed E-state index contributed by atoms with van der Waals surface area (Å²) in [6.07, 6.45) is 3.07. The minimum Gasteiger partial charge on any atom is -0.507 e. The second-order valence-corrected chi connectivity index (χ2v) is 2.52. The van der Waals surface area contributed by atoms with Gasteiger partial charge in [-0.2, -0.15) is 0 Å². The van der Waals surface area contributed by atoms with Crippen molar-refractivity contribution in [2.75, 3.05) is 0 Å². The summed E-state index contributed by atoms with van der Waals surface area (Å²) in [5.41, 5.74) is 0. The van der Waals surface area contributed by atoms with E-state index < -0.39 is 5.82 Å². The molecule has 2 nitrogen and oxygen atoms in total. The number of phenols is 1. The van der Waals surface area contributed by atoms with E-state index in [1.807, 2.05) is 0 Å². The van der Waals surface area contributed by atoms with Crippen molar-refractivity contribution in [3.63, 3.8) is 0 Å². The van der Waals surface area contributed by atoms with Gasteiger partial charge in [0, 0.05) is 29.2 Å². The van der Waals surface area contributed by atoms with E-state index in [0.29, 0.717) is 10.8 Å². The molecule has 0 aliphatic heterocycles. The number of aromatic hydroxyl groups is 1. The predicted molar refractivity (Wildman–Crippen MR) is 43.4 cm³/mol. The van der Waals surface area contributed by atoms with Crippen LogP contribution in [0.3, 0.4) is 0 Å². The van der Waals surface area contributed by atoms with Crippen LogP contribution in [0, 0.1) is 5.82 Å². The molecule has 0 atom stereocenters. The average molecular weight is 163 g/mol. The number of aromatic nitrogens is 1. The van der Waals surface area contributed by atoms with Gasteiger partial charge in [-0.25, -0.2) is 4.39 Å². The molecular weight excluding hydrogens is 157 g/mol. The molecule has 1 aromatic carbocycles. The number of rotatable bonds is 0. The Hall–Kier alpha value is -1.64. The van der Waals surface area contributed by atoms with Gasteiger partial charge in [0.05, 0.1) is 0 Å². The van der Waals surface area contributed by atoms with Crippen LogP contribution < -0.4 is 0 Å². The van der Waals surface area contributed by atoms with Crippen LogP contribution in [0.25, 0.3) is 10.8 Å². The van der Waals surface area contributed by atoms with E-state index in [-0.39, 0.29) is 5.75 Å². The number of nitrogens with zero attached hydrogens (tertiary/aromatic N) is 1. The highest BCUT2D eigenvalue weighted by Gasteiger charge is 2.01. The normalized spacial score (nSPS) is 10.4. The maximum Gasteiger partial charge on any atom is 0.127 e. The lowest BCUT2D eigenvalue weighted by Gasteiger charge is -1.99. The Labute approximate surface area is 68.3 Å². The highest BCUT2D eigenvalue weighted by atomic mass is 19.1. The van der Waals surface area contributed by atoms with E-state index in [1.165, 1.54) is 12.3 Å². The van der Waals surface area contributed by atoms with E-state index in [4.69, 9.17) is 0 Å². The minimum atomic E-state index is -0.451. The number of benzene rings is 1. The van der Waals surface area contributed by atoms with Crippen molar-refractivity contribution < 1.29 is 9.50 Å². The van der Waals surface area contributed by atoms with Gasteiger partial charge in [-0.05, 0) is 12.1 Å². The van der Waals surface area contributed by atoms with Gasteiger partial charge in [0.25, 0.3) is 0 Å². The fraction of sp³-hybridized carbons (Fsp3) is 0. The molecule has 1 N–H and O–H groups in total. The van der Waals surface area contributed by atoms with Gasteiger partial charge in [-0.3, -0.25) is 4.98 Å². The van der Waals surface area contributed by atoms with Crippen LogP contribution in [0.15, 0.2) is 30.6 Å². The molecule has 0 fully saturated rings. The van der Waals surface area contributed by atoms with Crippen molar-refractivity contribution in [2.24, 2.45) is 0 Å². The molecule has 0 radical (unpaired) electrons. The summed E-state index contributed by atoms with van der Waals surface area (Å²) < 4.78 is 12.7. The smallest absolute Gasteiger partial charge is 0.127 e. The van der Waals surface area contributed by atoms with E-state index in [9.17, 15) is 9.50 Å². The maximum atomic E-state index is 12.7. The fourth-order valence-corrected chi connectivity index (χ4v) is 1.15. The molecule has 12 heavy (non-hydrogen) atoms. The molecule has 0 saturated carbocycles. The van der Waals surface area contributed by atoms with Gasteiger partial charge in [-0.15, -0.1) is 0 Å². The SMILES string of the molecule is Oc1cc(F)cc2cnccc12. The Kier molecular flexibility index (Phi) is 1.43. The maximum absolute atomic E-state index is 12.7. The lowest BCUT2D eigenvalue weighted by molar-refractivity contribution is 0.476. The van der Waals surface area contributed by atoms with Crippen molar-refractivity contribution in [2.45, 2.75) is 0 Å². The van der Waals surface area contributed by atoms with Gasteiger partial charge < -0.3 is 5.11 Å². The number of hydrogen-bond donors (Lipinski definition) is 1. The van der Waals surface area contributed by atoms with Crippen LogP contribution in [0.2, 0.25) is 0 Å². The second-order valence-electron chi connectivity index (χ2n) is 2.52. The van der Waals surface area contributed by atoms with Gasteiger partial charge in [0.1, 0.15) is 11.6 Å². The first kappa shape index (κ1) is 7.03. The molecular formula is C9H6FNO. The summed E-state index contributed by atoms with van der Waals surface area (Å²) in [4.78, 5) is 3.82. The van der Waals surface area contributed by atoms with Crippen molar-refractivity contribution in [1.29, 1.82) is 0 Å². The van der Waals surface area contributed by atoms with Crippen LogP contribution in [0.1, 0.15) is 0 Å². The summed E-state index contributed by atoms with van der Waals surface area (Å²) in [5, 5.41) is 10.5. The number of fused-ring (bicyclic) bond motifs is 1. The number of phenolic OH excluding ortho intramolecular Hbond substituents is 1. The van der Waals surface area contributed by atoms with Crippen LogP contribution in [-0.2, 0) is 0 Å². The number of halogens is 1. The van der Waals surface area contributed by atoms with Gasteiger partial charge >= 0.3 is 0 Å². The zero-order chi connectivity index (χ0) is 8.55. The van der Waals surface area contributed by atoms with E-state index >= 15 is 0 Å². The third kappa shape index (κ3) is 0.993. The lowest BCUT2D eigenvalue weighted by atomic mass is 10.1. The average Bonchev–Trinajstić information content (AvgIpc) is 2.04. The van der Waals surface area contributed by atoms with E-state index in [1.54, 1.807) is 12.3 Å². The fourth-order valence-electron chi connectivity index (χ4n) is 1.15. The molecule has 0 amide bonds. The Morgan fingerprint density at radius 1 is 1.33 bits per heavy atom. The molecule has 0 aliphatic rings. The summed E-state index contributed by atoms with van der Waals surface area (Å²) in [7, 11) is 0. The molecule has 0 bridgehead atoms. The summed E-state index contributed by atoms with van der Waals surface area (Å²) in [6.45, 7) is 0. The Morgan fingerprint density at radius 3 is 3.00 bits per heavy atom. The first-order valence-corrected chi connectivity index (χ1v) is 3.49. The Bertz CT molecular complexity index is 428. The van der Waals surface area contributed by atoms with Gasteiger partial charge in [-0.1, -0.05) is 0 Å². The molecule has 1 heterocycles. The molecule has 3 heteroatoms. The van der Waals surface area contributed by atoms with E-state index in [0.717, 1.165) is 6.07 Å². The monoisotopic (exact) mass is 163 g/mol. The third-order valence-electron chi connectivity index (χ3n) is 1.70. The van der Waals surface area contributed by atoms with Gasteiger partial charge in [0.15, 0.2) is 0 Å². The molecule has 0 unspecified atom stereocenters. The quantitative estimate of drug-likeness (QED) is 0.645. The number of hydrogen-bond acceptors (Lipinski definition) is 2. The predicted octanol–water partition coefficient (Wildman–Crippen LogP) is 2.08. The van der Waals surface area contributed by atoms with Crippen LogP contribution in [0.5, 0.6) is 5.75 Å².